The van der Waals surface area contributed by atoms with E-state index in [1.165, 1.54) is 24.2 Å². The van der Waals surface area contributed by atoms with Gasteiger partial charge in [0.1, 0.15) is 0 Å². The fourth-order valence-electron chi connectivity index (χ4n) is 1.40. The third-order valence-corrected chi connectivity index (χ3v) is 2.31. The van der Waals surface area contributed by atoms with Gasteiger partial charge in [-0.15, -0.1) is 0 Å². The van der Waals surface area contributed by atoms with Crippen molar-refractivity contribution in [2.24, 2.45) is 0 Å². The Labute approximate surface area is 115 Å². The van der Waals surface area contributed by atoms with E-state index >= 15 is 0 Å². The summed E-state index contributed by atoms with van der Waals surface area (Å²) in [6.45, 7) is 2.03. The van der Waals surface area contributed by atoms with Crippen LogP contribution in [0.4, 0.5) is 5.95 Å². The highest BCUT2D eigenvalue weighted by atomic mass is 16.5. The number of nitrogens with one attached hydrogen (secondary N) is 1. The SMILES string of the molecule is CCOC(=O)c1cnn(-c2nc(NC)nc(OC)n2)c1. The van der Waals surface area contributed by atoms with E-state index in [1.807, 2.05) is 0 Å². The summed E-state index contributed by atoms with van der Waals surface area (Å²) in [5.74, 6) is 0.116. The molecule has 0 aliphatic carbocycles. The van der Waals surface area contributed by atoms with Crippen LogP contribution in [0.25, 0.3) is 5.95 Å². The van der Waals surface area contributed by atoms with Crippen molar-refractivity contribution >= 4 is 11.9 Å². The maximum absolute atomic E-state index is 11.6. The van der Waals surface area contributed by atoms with E-state index in [2.05, 4.69) is 25.4 Å². The normalized spacial score (nSPS) is 10.2. The molecule has 0 spiro atoms. The maximum Gasteiger partial charge on any atom is 0.341 e. The zero-order valence-corrected chi connectivity index (χ0v) is 11.3. The molecule has 9 nitrogen and oxygen atoms in total. The number of ether oxygens (including phenoxy) is 2. The number of carbonyl (C=O) groups excluding carboxylic acids is 1. The van der Waals surface area contributed by atoms with Crippen molar-refractivity contribution in [2.45, 2.75) is 6.92 Å². The molecule has 0 fully saturated rings. The highest BCUT2D eigenvalue weighted by molar-refractivity contribution is 5.88. The second-order valence-corrected chi connectivity index (χ2v) is 3.59. The molecule has 2 heterocycles. The minimum Gasteiger partial charge on any atom is -0.467 e. The Bertz CT molecular complexity index is 590. The summed E-state index contributed by atoms with van der Waals surface area (Å²) in [6, 6.07) is 0.146. The molecular weight excluding hydrogens is 264 g/mol. The lowest BCUT2D eigenvalue weighted by molar-refractivity contribution is 0.0526. The van der Waals surface area contributed by atoms with Crippen LogP contribution in [0.1, 0.15) is 17.3 Å². The molecule has 0 amide bonds. The van der Waals surface area contributed by atoms with Crippen LogP contribution in [0, 0.1) is 0 Å². The Balaban J connectivity index is 2.34. The third kappa shape index (κ3) is 2.82. The zero-order valence-electron chi connectivity index (χ0n) is 11.3. The third-order valence-electron chi connectivity index (χ3n) is 2.31. The molecule has 0 bridgehead atoms. The van der Waals surface area contributed by atoms with Gasteiger partial charge in [-0.2, -0.15) is 20.1 Å². The molecule has 0 saturated heterocycles. The number of carbonyl (C=O) groups is 1. The molecule has 0 aliphatic rings. The number of aromatic nitrogens is 5. The smallest absolute Gasteiger partial charge is 0.341 e. The Hall–Kier alpha value is -2.71. The van der Waals surface area contributed by atoms with Gasteiger partial charge >= 0.3 is 12.0 Å². The van der Waals surface area contributed by atoms with Crippen LogP contribution in [0.2, 0.25) is 0 Å². The topological polar surface area (TPSA) is 104 Å². The number of esters is 1. The van der Waals surface area contributed by atoms with Crippen molar-refractivity contribution in [2.75, 3.05) is 26.1 Å². The summed E-state index contributed by atoms with van der Waals surface area (Å²) >= 11 is 0. The molecule has 1 N–H and O–H groups in total. The number of methoxy groups -OCH3 is 1. The maximum atomic E-state index is 11.6. The zero-order chi connectivity index (χ0) is 14.5. The average Bonchev–Trinajstić information content (AvgIpc) is 2.97. The van der Waals surface area contributed by atoms with Gasteiger partial charge in [-0.1, -0.05) is 0 Å². The summed E-state index contributed by atoms with van der Waals surface area (Å²) in [7, 11) is 3.12. The van der Waals surface area contributed by atoms with Crippen LogP contribution in [-0.2, 0) is 4.74 Å². The summed E-state index contributed by atoms with van der Waals surface area (Å²) in [5.41, 5.74) is 0.317. The number of hydrogen-bond acceptors (Lipinski definition) is 8. The fourth-order valence-corrected chi connectivity index (χ4v) is 1.40. The Morgan fingerprint density at radius 3 is 2.85 bits per heavy atom. The summed E-state index contributed by atoms with van der Waals surface area (Å²) in [6.07, 6.45) is 2.86. The average molecular weight is 278 g/mol. The van der Waals surface area contributed by atoms with Crippen molar-refractivity contribution < 1.29 is 14.3 Å². The van der Waals surface area contributed by atoms with E-state index in [0.717, 1.165) is 0 Å². The van der Waals surface area contributed by atoms with Gasteiger partial charge in [0, 0.05) is 13.2 Å². The largest absolute Gasteiger partial charge is 0.467 e. The fraction of sp³-hybridized carbons (Fsp3) is 0.364. The lowest BCUT2D eigenvalue weighted by atomic mass is 10.4. The number of nitrogens with zero attached hydrogens (tertiary/aromatic N) is 5. The van der Waals surface area contributed by atoms with Crippen molar-refractivity contribution in [1.29, 1.82) is 0 Å². The van der Waals surface area contributed by atoms with Crippen LogP contribution in [-0.4, -0.2) is 51.5 Å². The lowest BCUT2D eigenvalue weighted by Crippen LogP contribution is -2.08. The van der Waals surface area contributed by atoms with Crippen molar-refractivity contribution in [3.63, 3.8) is 0 Å². The Kier molecular flexibility index (Phi) is 4.08. The predicted molar refractivity (Wildman–Crippen MR) is 69.0 cm³/mol. The van der Waals surface area contributed by atoms with Crippen LogP contribution in [0.5, 0.6) is 6.01 Å². The van der Waals surface area contributed by atoms with Crippen LogP contribution >= 0.6 is 0 Å². The minimum absolute atomic E-state index is 0.146. The van der Waals surface area contributed by atoms with Gasteiger partial charge < -0.3 is 14.8 Å². The van der Waals surface area contributed by atoms with Crippen molar-refractivity contribution in [1.82, 2.24) is 24.7 Å². The molecular formula is C11H14N6O3. The molecule has 0 saturated carbocycles. The van der Waals surface area contributed by atoms with Gasteiger partial charge in [0.05, 0.1) is 25.5 Å². The van der Waals surface area contributed by atoms with Gasteiger partial charge in [-0.3, -0.25) is 0 Å². The number of anilines is 1. The number of rotatable bonds is 5. The lowest BCUT2D eigenvalue weighted by Gasteiger charge is -2.04. The molecule has 2 rings (SSSR count). The predicted octanol–water partition coefficient (Wildman–Crippen LogP) is 0.284. The van der Waals surface area contributed by atoms with Crippen LogP contribution in [0.3, 0.4) is 0 Å². The molecule has 0 aliphatic heterocycles. The first-order valence-electron chi connectivity index (χ1n) is 5.88. The van der Waals surface area contributed by atoms with Gasteiger partial charge in [0.2, 0.25) is 5.95 Å². The summed E-state index contributed by atoms with van der Waals surface area (Å²) in [4.78, 5) is 23.7. The van der Waals surface area contributed by atoms with Crippen LogP contribution < -0.4 is 10.1 Å². The van der Waals surface area contributed by atoms with Gasteiger partial charge in [-0.25, -0.2) is 9.48 Å². The van der Waals surface area contributed by atoms with E-state index < -0.39 is 5.97 Å². The van der Waals surface area contributed by atoms with Gasteiger partial charge in [-0.05, 0) is 6.92 Å². The van der Waals surface area contributed by atoms with E-state index in [-0.39, 0.29) is 12.0 Å². The Morgan fingerprint density at radius 1 is 1.40 bits per heavy atom. The quantitative estimate of drug-likeness (QED) is 0.778. The van der Waals surface area contributed by atoms with E-state index in [9.17, 15) is 4.79 Å². The monoisotopic (exact) mass is 278 g/mol. The highest BCUT2D eigenvalue weighted by Crippen LogP contribution is 2.11. The second-order valence-electron chi connectivity index (χ2n) is 3.59. The first-order valence-corrected chi connectivity index (χ1v) is 5.88. The molecule has 2 aromatic rings. The van der Waals surface area contributed by atoms with E-state index in [0.29, 0.717) is 18.1 Å². The van der Waals surface area contributed by atoms with E-state index in [1.54, 1.807) is 14.0 Å². The molecule has 0 unspecified atom stereocenters. The van der Waals surface area contributed by atoms with Crippen molar-refractivity contribution in [3.8, 4) is 12.0 Å². The van der Waals surface area contributed by atoms with Gasteiger partial charge in [0.15, 0.2) is 0 Å². The molecule has 9 heteroatoms. The molecule has 2 aromatic heterocycles. The summed E-state index contributed by atoms with van der Waals surface area (Å²) < 4.78 is 11.2. The Morgan fingerprint density at radius 2 is 2.20 bits per heavy atom. The first-order chi connectivity index (χ1) is 9.67. The minimum atomic E-state index is -0.450. The molecule has 0 radical (unpaired) electrons. The summed E-state index contributed by atoms with van der Waals surface area (Å²) in [5, 5.41) is 6.81. The van der Waals surface area contributed by atoms with E-state index in [4.69, 9.17) is 9.47 Å². The van der Waals surface area contributed by atoms with Crippen LogP contribution in [0.15, 0.2) is 12.4 Å². The standard InChI is InChI=1S/C11H14N6O3/c1-4-20-8(18)7-5-13-17(6-7)10-14-9(12-2)15-11(16-10)19-3/h5-6H,4H2,1-3H3,(H,12,14,15,16). The molecule has 106 valence electrons. The first kappa shape index (κ1) is 13.7. The molecule has 0 aromatic carbocycles. The molecule has 0 atom stereocenters. The molecule has 20 heavy (non-hydrogen) atoms. The van der Waals surface area contributed by atoms with Gasteiger partial charge in [0.25, 0.3) is 5.95 Å². The number of hydrogen-bond donors (Lipinski definition) is 1. The van der Waals surface area contributed by atoms with Crippen molar-refractivity contribution in [3.05, 3.63) is 18.0 Å². The second kappa shape index (κ2) is 5.95. The highest BCUT2D eigenvalue weighted by Gasteiger charge is 2.13.